The molecule has 1 N–H and O–H groups in total. The molecule has 96 valence electrons. The fourth-order valence-electron chi connectivity index (χ4n) is 1.59. The zero-order valence-corrected chi connectivity index (χ0v) is 11.8. The maximum Gasteiger partial charge on any atom is 0.232 e. The van der Waals surface area contributed by atoms with Gasteiger partial charge in [0, 0.05) is 22.4 Å². The second-order valence-corrected chi connectivity index (χ2v) is 5.03. The van der Waals surface area contributed by atoms with Crippen LogP contribution >= 0.6 is 15.9 Å². The highest BCUT2D eigenvalue weighted by atomic mass is 79.9. The Hall–Kier alpha value is -1.27. The van der Waals surface area contributed by atoms with Gasteiger partial charge < -0.3 is 9.63 Å². The average Bonchev–Trinajstić information content (AvgIpc) is 2.86. The van der Waals surface area contributed by atoms with E-state index in [0.717, 1.165) is 10.0 Å². The number of aromatic nitrogens is 3. The molecule has 18 heavy (non-hydrogen) atoms. The quantitative estimate of drug-likeness (QED) is 0.940. The molecule has 2 rings (SSSR count). The monoisotopic (exact) mass is 311 g/mol. The number of rotatable bonds is 4. The van der Waals surface area contributed by atoms with Crippen LogP contribution in [0.5, 0.6) is 0 Å². The average molecular weight is 312 g/mol. The Kier molecular flexibility index (Phi) is 4.08. The fourth-order valence-corrected chi connectivity index (χ4v) is 1.95. The molecule has 2 unspecified atom stereocenters. The molecule has 0 aliphatic carbocycles. The summed E-state index contributed by atoms with van der Waals surface area (Å²) in [7, 11) is 0. The SMILES string of the molecule is CCC(O)C(C)c1nc(-c2cncc(Br)c2)no1. The van der Waals surface area contributed by atoms with E-state index in [9.17, 15) is 5.11 Å². The third-order valence-electron chi connectivity index (χ3n) is 2.79. The molecule has 2 aromatic rings. The van der Waals surface area contributed by atoms with Gasteiger partial charge in [-0.2, -0.15) is 4.98 Å². The van der Waals surface area contributed by atoms with Crippen LogP contribution in [0.15, 0.2) is 27.5 Å². The van der Waals surface area contributed by atoms with Gasteiger partial charge in [0.25, 0.3) is 0 Å². The second-order valence-electron chi connectivity index (χ2n) is 4.11. The first-order chi connectivity index (χ1) is 8.61. The van der Waals surface area contributed by atoms with E-state index in [0.29, 0.717) is 18.1 Å². The summed E-state index contributed by atoms with van der Waals surface area (Å²) in [6, 6.07) is 1.86. The fraction of sp³-hybridized carbons (Fsp3) is 0.417. The van der Waals surface area contributed by atoms with Crippen LogP contribution in [0.3, 0.4) is 0 Å². The zero-order valence-electron chi connectivity index (χ0n) is 10.2. The highest BCUT2D eigenvalue weighted by Crippen LogP contribution is 2.24. The lowest BCUT2D eigenvalue weighted by Crippen LogP contribution is -2.14. The van der Waals surface area contributed by atoms with Crippen molar-refractivity contribution in [2.75, 3.05) is 0 Å². The van der Waals surface area contributed by atoms with Crippen molar-refractivity contribution in [3.05, 3.63) is 28.8 Å². The smallest absolute Gasteiger partial charge is 0.232 e. The van der Waals surface area contributed by atoms with Crippen LogP contribution in [0.25, 0.3) is 11.4 Å². The van der Waals surface area contributed by atoms with Crippen LogP contribution in [0.1, 0.15) is 32.1 Å². The molecule has 0 radical (unpaired) electrons. The molecule has 0 spiro atoms. The van der Waals surface area contributed by atoms with Crippen molar-refractivity contribution < 1.29 is 9.63 Å². The van der Waals surface area contributed by atoms with E-state index >= 15 is 0 Å². The van der Waals surface area contributed by atoms with E-state index in [1.807, 2.05) is 19.9 Å². The van der Waals surface area contributed by atoms with Gasteiger partial charge in [-0.1, -0.05) is 19.0 Å². The molecule has 2 aromatic heterocycles. The zero-order chi connectivity index (χ0) is 13.1. The number of nitrogens with zero attached hydrogens (tertiary/aromatic N) is 3. The lowest BCUT2D eigenvalue weighted by Gasteiger charge is -2.11. The summed E-state index contributed by atoms with van der Waals surface area (Å²) in [5.74, 6) is 0.754. The normalized spacial score (nSPS) is 14.4. The standard InChI is InChI=1S/C12H14BrN3O2/c1-3-10(17)7(2)12-15-11(16-18-12)8-4-9(13)6-14-5-8/h4-7,10,17H,3H2,1-2H3. The first kappa shape index (κ1) is 13.2. The van der Waals surface area contributed by atoms with E-state index in [2.05, 4.69) is 31.1 Å². The Balaban J connectivity index is 2.25. The molecule has 2 heterocycles. The molecule has 0 aliphatic rings. The third-order valence-corrected chi connectivity index (χ3v) is 3.22. The molecule has 5 nitrogen and oxygen atoms in total. The van der Waals surface area contributed by atoms with E-state index in [1.165, 1.54) is 0 Å². The van der Waals surface area contributed by atoms with Gasteiger partial charge in [0.05, 0.1) is 12.0 Å². The molecule has 0 bridgehead atoms. The van der Waals surface area contributed by atoms with E-state index in [1.54, 1.807) is 12.4 Å². The number of aliphatic hydroxyl groups is 1. The van der Waals surface area contributed by atoms with Crippen molar-refractivity contribution in [3.8, 4) is 11.4 Å². The molecule has 0 saturated heterocycles. The maximum absolute atomic E-state index is 9.76. The van der Waals surface area contributed by atoms with Crippen molar-refractivity contribution in [2.45, 2.75) is 32.3 Å². The van der Waals surface area contributed by atoms with Crippen LogP contribution in [-0.2, 0) is 0 Å². The minimum atomic E-state index is -0.473. The summed E-state index contributed by atoms with van der Waals surface area (Å²) >= 11 is 3.34. The molecular weight excluding hydrogens is 298 g/mol. The van der Waals surface area contributed by atoms with Gasteiger partial charge in [-0.15, -0.1) is 0 Å². The number of hydrogen-bond acceptors (Lipinski definition) is 5. The minimum Gasteiger partial charge on any atom is -0.392 e. The number of aliphatic hydroxyl groups excluding tert-OH is 1. The van der Waals surface area contributed by atoms with Crippen molar-refractivity contribution in [2.24, 2.45) is 0 Å². The highest BCUT2D eigenvalue weighted by Gasteiger charge is 2.21. The predicted molar refractivity (Wildman–Crippen MR) is 69.9 cm³/mol. The van der Waals surface area contributed by atoms with E-state index in [-0.39, 0.29) is 5.92 Å². The van der Waals surface area contributed by atoms with Crippen molar-refractivity contribution >= 4 is 15.9 Å². The summed E-state index contributed by atoms with van der Waals surface area (Å²) in [6.07, 6.45) is 3.53. The van der Waals surface area contributed by atoms with Crippen LogP contribution in [0.4, 0.5) is 0 Å². The molecule has 0 amide bonds. The van der Waals surface area contributed by atoms with Gasteiger partial charge in [-0.3, -0.25) is 4.98 Å². The molecule has 0 fully saturated rings. The van der Waals surface area contributed by atoms with Gasteiger partial charge in [-0.25, -0.2) is 0 Å². The molecule has 0 saturated carbocycles. The van der Waals surface area contributed by atoms with Crippen LogP contribution < -0.4 is 0 Å². The summed E-state index contributed by atoms with van der Waals surface area (Å²) in [5, 5.41) is 13.7. The van der Waals surface area contributed by atoms with Crippen molar-refractivity contribution in [1.82, 2.24) is 15.1 Å². The van der Waals surface area contributed by atoms with E-state index < -0.39 is 6.10 Å². The molecule has 6 heteroatoms. The number of hydrogen-bond donors (Lipinski definition) is 1. The van der Waals surface area contributed by atoms with E-state index in [4.69, 9.17) is 4.52 Å². The highest BCUT2D eigenvalue weighted by molar-refractivity contribution is 9.10. The largest absolute Gasteiger partial charge is 0.392 e. The van der Waals surface area contributed by atoms with Gasteiger partial charge in [0.15, 0.2) is 0 Å². The van der Waals surface area contributed by atoms with Crippen LogP contribution in [0.2, 0.25) is 0 Å². The Morgan fingerprint density at radius 2 is 2.22 bits per heavy atom. The Labute approximate surface area is 113 Å². The van der Waals surface area contributed by atoms with Crippen LogP contribution in [-0.4, -0.2) is 26.3 Å². The first-order valence-electron chi connectivity index (χ1n) is 5.74. The van der Waals surface area contributed by atoms with Gasteiger partial charge >= 0.3 is 0 Å². The lowest BCUT2D eigenvalue weighted by molar-refractivity contribution is 0.129. The topological polar surface area (TPSA) is 72.0 Å². The Morgan fingerprint density at radius 3 is 2.89 bits per heavy atom. The molecule has 2 atom stereocenters. The number of halogens is 1. The summed E-state index contributed by atoms with van der Waals surface area (Å²) in [5.41, 5.74) is 0.776. The Bertz CT molecular complexity index is 530. The van der Waals surface area contributed by atoms with Gasteiger partial charge in [0.2, 0.25) is 11.7 Å². The van der Waals surface area contributed by atoms with Crippen molar-refractivity contribution in [3.63, 3.8) is 0 Å². The molecular formula is C12H14BrN3O2. The molecule has 0 aromatic carbocycles. The van der Waals surface area contributed by atoms with Gasteiger partial charge in [0.1, 0.15) is 0 Å². The summed E-state index contributed by atoms with van der Waals surface area (Å²) < 4.78 is 6.03. The first-order valence-corrected chi connectivity index (χ1v) is 6.53. The maximum atomic E-state index is 9.76. The van der Waals surface area contributed by atoms with Crippen LogP contribution in [0, 0.1) is 0 Å². The van der Waals surface area contributed by atoms with Crippen molar-refractivity contribution in [1.29, 1.82) is 0 Å². The lowest BCUT2D eigenvalue weighted by atomic mass is 10.0. The number of pyridine rings is 1. The van der Waals surface area contributed by atoms with Gasteiger partial charge in [-0.05, 0) is 28.4 Å². The third kappa shape index (κ3) is 2.76. The second kappa shape index (κ2) is 5.58. The molecule has 0 aliphatic heterocycles. The Morgan fingerprint density at radius 1 is 1.44 bits per heavy atom. The predicted octanol–water partition coefficient (Wildman–Crippen LogP) is 2.77. The summed E-state index contributed by atoms with van der Waals surface area (Å²) in [6.45, 7) is 3.78. The minimum absolute atomic E-state index is 0.170. The summed E-state index contributed by atoms with van der Waals surface area (Å²) in [4.78, 5) is 8.34.